The molecule has 0 spiro atoms. The molecule has 0 saturated heterocycles. The average Bonchev–Trinajstić information content (AvgIpc) is 2.95. The number of carbonyl (C=O) groups is 2. The first-order chi connectivity index (χ1) is 18.0. The van der Waals surface area contributed by atoms with E-state index in [1.807, 2.05) is 50.2 Å². The molecule has 0 aromatic heterocycles. The Kier molecular flexibility index (Phi) is 11.4. The molecule has 2 N–H and O–H groups in total. The lowest BCUT2D eigenvalue weighted by Crippen LogP contribution is -2.50. The Bertz CT molecular complexity index is 1040. The molecule has 3 rings (SSSR count). The van der Waals surface area contributed by atoms with Gasteiger partial charge in [0.1, 0.15) is 6.04 Å². The van der Waals surface area contributed by atoms with Gasteiger partial charge in [-0.3, -0.25) is 9.59 Å². The summed E-state index contributed by atoms with van der Waals surface area (Å²) in [5.74, 6) is -0.114. The van der Waals surface area contributed by atoms with E-state index in [1.165, 1.54) is 29.5 Å². The molecule has 3 aromatic rings. The lowest BCUT2D eigenvalue weighted by atomic mass is 9.88. The molecule has 0 fully saturated rings. The van der Waals surface area contributed by atoms with Crippen LogP contribution in [0.1, 0.15) is 85.8 Å². The van der Waals surface area contributed by atoms with Crippen molar-refractivity contribution in [3.63, 3.8) is 0 Å². The monoisotopic (exact) mass is 498 g/mol. The molecule has 196 valence electrons. The van der Waals surface area contributed by atoms with Crippen LogP contribution in [0.5, 0.6) is 0 Å². The minimum absolute atomic E-state index is 0.0244. The van der Waals surface area contributed by atoms with Gasteiger partial charge in [0.05, 0.1) is 0 Å². The van der Waals surface area contributed by atoms with E-state index >= 15 is 0 Å². The molecule has 0 radical (unpaired) electrons. The number of rotatable bonds is 14. The van der Waals surface area contributed by atoms with E-state index in [0.29, 0.717) is 12.1 Å². The molecule has 0 aliphatic heterocycles. The van der Waals surface area contributed by atoms with Crippen molar-refractivity contribution < 1.29 is 9.59 Å². The third-order valence-corrected chi connectivity index (χ3v) is 7.20. The number of hydrogen-bond acceptors (Lipinski definition) is 2. The largest absolute Gasteiger partial charge is 0.354 e. The van der Waals surface area contributed by atoms with Crippen LogP contribution < -0.4 is 10.6 Å². The number of hydrogen-bond donors (Lipinski definition) is 2. The normalized spacial score (nSPS) is 12.6. The van der Waals surface area contributed by atoms with Crippen molar-refractivity contribution in [1.82, 2.24) is 10.6 Å². The van der Waals surface area contributed by atoms with Crippen LogP contribution in [0, 0.1) is 5.92 Å². The summed E-state index contributed by atoms with van der Waals surface area (Å²) < 4.78 is 0. The third-order valence-electron chi connectivity index (χ3n) is 7.20. The summed E-state index contributed by atoms with van der Waals surface area (Å²) in [5, 5.41) is 6.11. The Morgan fingerprint density at radius 3 is 1.92 bits per heavy atom. The Labute approximate surface area is 222 Å². The van der Waals surface area contributed by atoms with Crippen molar-refractivity contribution in [3.05, 3.63) is 107 Å². The van der Waals surface area contributed by atoms with Gasteiger partial charge in [0.15, 0.2) is 0 Å². The number of benzene rings is 3. The van der Waals surface area contributed by atoms with Gasteiger partial charge >= 0.3 is 0 Å². The van der Waals surface area contributed by atoms with Crippen molar-refractivity contribution in [1.29, 1.82) is 0 Å². The molecule has 0 heterocycles. The highest BCUT2D eigenvalue weighted by Gasteiger charge is 2.26. The van der Waals surface area contributed by atoms with Crippen molar-refractivity contribution in [2.75, 3.05) is 6.54 Å². The maximum atomic E-state index is 13.2. The average molecular weight is 499 g/mol. The molecule has 3 aromatic carbocycles. The maximum absolute atomic E-state index is 13.2. The van der Waals surface area contributed by atoms with Gasteiger partial charge < -0.3 is 10.6 Å². The van der Waals surface area contributed by atoms with Crippen LogP contribution in [-0.2, 0) is 11.2 Å². The zero-order valence-electron chi connectivity index (χ0n) is 22.6. The fourth-order valence-electron chi connectivity index (χ4n) is 4.67. The van der Waals surface area contributed by atoms with E-state index in [9.17, 15) is 9.59 Å². The van der Waals surface area contributed by atoms with Crippen LogP contribution in [0.25, 0.3) is 0 Å². The number of carbonyl (C=O) groups excluding carboxylic acids is 2. The highest BCUT2D eigenvalue weighted by atomic mass is 16.2. The first-order valence-electron chi connectivity index (χ1n) is 13.8. The SMILES string of the molecule is CCCCCc1ccc(C(=O)NC(C(=O)NCCC(c2ccccc2)c2ccccc2)C(C)CC)cc1. The molecule has 4 nitrogen and oxygen atoms in total. The molecule has 0 saturated carbocycles. The Balaban J connectivity index is 1.61. The summed E-state index contributed by atoms with van der Waals surface area (Å²) in [5.41, 5.74) is 4.29. The molecule has 4 heteroatoms. The van der Waals surface area contributed by atoms with Crippen LogP contribution >= 0.6 is 0 Å². The van der Waals surface area contributed by atoms with E-state index in [-0.39, 0.29) is 23.7 Å². The molecule has 0 bridgehead atoms. The fraction of sp³-hybridized carbons (Fsp3) is 0.394. The van der Waals surface area contributed by atoms with E-state index in [1.54, 1.807) is 0 Å². The van der Waals surface area contributed by atoms with Gasteiger partial charge in [-0.15, -0.1) is 0 Å². The molecule has 37 heavy (non-hydrogen) atoms. The summed E-state index contributed by atoms with van der Waals surface area (Å²) in [4.78, 5) is 26.3. The number of unbranched alkanes of at least 4 members (excludes halogenated alkanes) is 2. The Morgan fingerprint density at radius 2 is 1.38 bits per heavy atom. The molecular weight excluding hydrogens is 456 g/mol. The molecule has 2 unspecified atom stereocenters. The summed E-state index contributed by atoms with van der Waals surface area (Å²) in [7, 11) is 0. The number of nitrogens with one attached hydrogen (secondary N) is 2. The van der Waals surface area contributed by atoms with Crippen molar-refractivity contribution in [3.8, 4) is 0 Å². The van der Waals surface area contributed by atoms with Gasteiger partial charge in [0.2, 0.25) is 5.91 Å². The summed E-state index contributed by atoms with van der Waals surface area (Å²) in [6.45, 7) is 6.78. The first kappa shape index (κ1) is 28.2. The summed E-state index contributed by atoms with van der Waals surface area (Å²) in [6, 6.07) is 28.0. The van der Waals surface area contributed by atoms with Crippen molar-refractivity contribution in [2.24, 2.45) is 5.92 Å². The van der Waals surface area contributed by atoms with E-state index in [2.05, 4.69) is 66.1 Å². The van der Waals surface area contributed by atoms with Gasteiger partial charge in [-0.2, -0.15) is 0 Å². The maximum Gasteiger partial charge on any atom is 0.251 e. The first-order valence-corrected chi connectivity index (χ1v) is 13.8. The zero-order chi connectivity index (χ0) is 26.5. The van der Waals surface area contributed by atoms with Gasteiger partial charge in [-0.1, -0.05) is 113 Å². The van der Waals surface area contributed by atoms with Gasteiger partial charge in [0, 0.05) is 18.0 Å². The molecule has 2 amide bonds. The van der Waals surface area contributed by atoms with Crippen LogP contribution in [0.15, 0.2) is 84.9 Å². The van der Waals surface area contributed by atoms with Crippen molar-refractivity contribution >= 4 is 11.8 Å². The van der Waals surface area contributed by atoms with Crippen LogP contribution in [0.3, 0.4) is 0 Å². The smallest absolute Gasteiger partial charge is 0.251 e. The fourth-order valence-corrected chi connectivity index (χ4v) is 4.67. The zero-order valence-corrected chi connectivity index (χ0v) is 22.6. The minimum atomic E-state index is -0.575. The summed E-state index contributed by atoms with van der Waals surface area (Å²) in [6.07, 6.45) is 6.17. The van der Waals surface area contributed by atoms with Gasteiger partial charge in [-0.05, 0) is 54.0 Å². The quantitative estimate of drug-likeness (QED) is 0.237. The molecule has 0 aliphatic carbocycles. The van der Waals surface area contributed by atoms with E-state index in [0.717, 1.165) is 25.7 Å². The van der Waals surface area contributed by atoms with Gasteiger partial charge in [-0.25, -0.2) is 0 Å². The highest BCUT2D eigenvalue weighted by Crippen LogP contribution is 2.27. The lowest BCUT2D eigenvalue weighted by Gasteiger charge is -2.24. The number of amides is 2. The Hall–Kier alpha value is -3.40. The topological polar surface area (TPSA) is 58.2 Å². The lowest BCUT2D eigenvalue weighted by molar-refractivity contribution is -0.124. The second kappa shape index (κ2) is 15.0. The minimum Gasteiger partial charge on any atom is -0.354 e. The molecular formula is C33H42N2O2. The van der Waals surface area contributed by atoms with Crippen LogP contribution in [0.4, 0.5) is 0 Å². The Morgan fingerprint density at radius 1 is 0.784 bits per heavy atom. The molecule has 0 aliphatic rings. The van der Waals surface area contributed by atoms with Crippen LogP contribution in [-0.4, -0.2) is 24.4 Å². The standard InChI is InChI=1S/C33H42N2O2/c1-4-6-9-14-26-19-21-29(22-20-26)32(36)35-31(25(3)5-2)33(37)34-24-23-30(27-15-10-7-11-16-27)28-17-12-8-13-18-28/h7-8,10-13,15-22,25,30-31H,4-6,9,14,23-24H2,1-3H3,(H,34,37)(H,35,36). The summed E-state index contributed by atoms with van der Waals surface area (Å²) >= 11 is 0. The van der Waals surface area contributed by atoms with Crippen molar-refractivity contribution in [2.45, 2.75) is 71.3 Å². The second-order valence-electron chi connectivity index (χ2n) is 9.94. The van der Waals surface area contributed by atoms with E-state index in [4.69, 9.17) is 0 Å². The van der Waals surface area contributed by atoms with Gasteiger partial charge in [0.25, 0.3) is 5.91 Å². The number of aryl methyl sites for hydroxylation is 1. The predicted molar refractivity (Wildman–Crippen MR) is 153 cm³/mol. The van der Waals surface area contributed by atoms with Crippen LogP contribution in [0.2, 0.25) is 0 Å². The highest BCUT2D eigenvalue weighted by molar-refractivity contribution is 5.97. The third kappa shape index (κ3) is 8.59. The molecule has 2 atom stereocenters. The van der Waals surface area contributed by atoms with E-state index < -0.39 is 6.04 Å². The second-order valence-corrected chi connectivity index (χ2v) is 9.94. The predicted octanol–water partition coefficient (Wildman–Crippen LogP) is 6.90.